The van der Waals surface area contributed by atoms with E-state index in [-0.39, 0.29) is 12.6 Å². The highest BCUT2D eigenvalue weighted by atomic mass is 31.2. The molecule has 1 aliphatic heterocycles. The van der Waals surface area contributed by atoms with E-state index in [2.05, 4.69) is 0 Å². The average molecular weight is 274 g/mol. The van der Waals surface area contributed by atoms with Crippen LogP contribution in [0.25, 0.3) is 0 Å². The molecule has 16 heavy (non-hydrogen) atoms. The van der Waals surface area contributed by atoms with Crippen LogP contribution in [0.4, 0.5) is 0 Å². The molecule has 1 heterocycles. The molecule has 0 spiro atoms. The van der Waals surface area contributed by atoms with Gasteiger partial charge in [0.25, 0.3) is 0 Å². The molecule has 10 heteroatoms. The maximum Gasteiger partial charge on any atom is 0.339 e. The summed E-state index contributed by atoms with van der Waals surface area (Å²) >= 11 is 0. The maximum absolute atomic E-state index is 10.7. The zero-order valence-corrected chi connectivity index (χ0v) is 10.4. The van der Waals surface area contributed by atoms with Crippen LogP contribution in [0.1, 0.15) is 0 Å². The van der Waals surface area contributed by atoms with Crippen molar-refractivity contribution in [1.29, 1.82) is 0 Å². The zero-order chi connectivity index (χ0) is 12.4. The van der Waals surface area contributed by atoms with Gasteiger partial charge in [-0.1, -0.05) is 0 Å². The molecule has 0 saturated carbocycles. The van der Waals surface area contributed by atoms with Crippen molar-refractivity contribution in [2.75, 3.05) is 38.8 Å². The van der Waals surface area contributed by atoms with Crippen LogP contribution in [0.2, 0.25) is 0 Å². The van der Waals surface area contributed by atoms with E-state index < -0.39 is 15.2 Å². The predicted molar refractivity (Wildman–Crippen MR) is 57.0 cm³/mol. The summed E-state index contributed by atoms with van der Waals surface area (Å²) in [6.07, 6.45) is -0.590. The Bertz CT molecular complexity index is 285. The molecular weight excluding hydrogens is 258 g/mol. The lowest BCUT2D eigenvalue weighted by atomic mass is 10.4. The predicted octanol–water partition coefficient (Wildman–Crippen LogP) is -1.13. The van der Waals surface area contributed by atoms with Crippen molar-refractivity contribution in [2.24, 2.45) is 0 Å². The third-order valence-electron chi connectivity index (χ3n) is 2.23. The molecule has 0 amide bonds. The smallest absolute Gasteiger partial charge is 0.324 e. The zero-order valence-electron chi connectivity index (χ0n) is 8.64. The van der Waals surface area contributed by atoms with Crippen molar-refractivity contribution in [1.82, 2.24) is 9.80 Å². The Morgan fingerprint density at radius 3 is 1.19 bits per heavy atom. The highest BCUT2D eigenvalue weighted by Crippen LogP contribution is 2.37. The van der Waals surface area contributed by atoms with Crippen LogP contribution in [-0.4, -0.2) is 68.1 Å². The summed E-state index contributed by atoms with van der Waals surface area (Å²) in [6.45, 7) is 1.63. The SMILES string of the molecule is O=P(O)(O)CN1CCN(CP(=O)(O)O)CC1. The highest BCUT2D eigenvalue weighted by molar-refractivity contribution is 7.51. The van der Waals surface area contributed by atoms with E-state index in [0.29, 0.717) is 26.2 Å². The lowest BCUT2D eigenvalue weighted by Crippen LogP contribution is -2.46. The lowest BCUT2D eigenvalue weighted by molar-refractivity contribution is 0.150. The first kappa shape index (κ1) is 14.3. The minimum absolute atomic E-state index is 0.295. The molecule has 0 bridgehead atoms. The fourth-order valence-corrected chi connectivity index (χ4v) is 3.20. The fourth-order valence-electron chi connectivity index (χ4n) is 1.59. The summed E-state index contributed by atoms with van der Waals surface area (Å²) < 4.78 is 21.4. The van der Waals surface area contributed by atoms with Crippen molar-refractivity contribution in [3.8, 4) is 0 Å². The van der Waals surface area contributed by atoms with E-state index in [1.165, 1.54) is 0 Å². The van der Waals surface area contributed by atoms with Gasteiger partial charge in [0.2, 0.25) is 0 Å². The van der Waals surface area contributed by atoms with Crippen LogP contribution in [0.5, 0.6) is 0 Å². The molecule has 0 unspecified atom stereocenters. The Morgan fingerprint density at radius 1 is 0.750 bits per heavy atom. The molecule has 8 nitrogen and oxygen atoms in total. The minimum Gasteiger partial charge on any atom is -0.324 e. The summed E-state index contributed by atoms with van der Waals surface area (Å²) in [5.74, 6) is 0. The fraction of sp³-hybridized carbons (Fsp3) is 1.00. The Morgan fingerprint density at radius 2 is 1.00 bits per heavy atom. The largest absolute Gasteiger partial charge is 0.339 e. The molecule has 0 aromatic heterocycles. The third-order valence-corrected chi connectivity index (χ3v) is 3.77. The molecule has 0 aromatic carbocycles. The molecule has 0 aromatic rings. The Hall–Kier alpha value is 0.220. The quantitative estimate of drug-likeness (QED) is 0.475. The van der Waals surface area contributed by atoms with Gasteiger partial charge in [0.1, 0.15) is 12.6 Å². The molecule has 4 N–H and O–H groups in total. The maximum atomic E-state index is 10.7. The first-order valence-electron chi connectivity index (χ1n) is 4.69. The van der Waals surface area contributed by atoms with Gasteiger partial charge in [-0.05, 0) is 0 Å². The number of piperazine rings is 1. The van der Waals surface area contributed by atoms with E-state index in [4.69, 9.17) is 19.6 Å². The number of hydrogen-bond acceptors (Lipinski definition) is 4. The second kappa shape index (κ2) is 5.25. The average Bonchev–Trinajstić information content (AvgIpc) is 2.03. The topological polar surface area (TPSA) is 122 Å². The molecule has 0 aliphatic carbocycles. The van der Waals surface area contributed by atoms with Crippen LogP contribution >= 0.6 is 15.2 Å². The van der Waals surface area contributed by atoms with Crippen LogP contribution in [0, 0.1) is 0 Å². The molecule has 0 atom stereocenters. The van der Waals surface area contributed by atoms with Gasteiger partial charge in [-0.15, -0.1) is 0 Å². The number of rotatable bonds is 4. The van der Waals surface area contributed by atoms with E-state index in [1.54, 1.807) is 9.80 Å². The first-order chi connectivity index (χ1) is 7.16. The van der Waals surface area contributed by atoms with Gasteiger partial charge in [-0.2, -0.15) is 0 Å². The van der Waals surface area contributed by atoms with Gasteiger partial charge in [-0.3, -0.25) is 18.9 Å². The van der Waals surface area contributed by atoms with E-state index in [9.17, 15) is 9.13 Å². The molecule has 0 radical (unpaired) electrons. The van der Waals surface area contributed by atoms with Gasteiger partial charge in [0, 0.05) is 26.2 Å². The number of hydrogen-bond donors (Lipinski definition) is 4. The minimum atomic E-state index is -4.04. The van der Waals surface area contributed by atoms with Gasteiger partial charge < -0.3 is 19.6 Å². The normalized spacial score (nSPS) is 21.2. The Kier molecular flexibility index (Phi) is 4.68. The standard InChI is InChI=1S/C6H16N2O6P2/c9-15(10,11)5-7-1-2-8(4-3-7)6-16(12,13)14/h1-6H2,(H2,9,10,11)(H2,12,13,14). The van der Waals surface area contributed by atoms with Crippen molar-refractivity contribution in [2.45, 2.75) is 0 Å². The molecule has 1 aliphatic rings. The highest BCUT2D eigenvalue weighted by Gasteiger charge is 2.26. The van der Waals surface area contributed by atoms with Gasteiger partial charge in [0.05, 0.1) is 0 Å². The lowest BCUT2D eigenvalue weighted by Gasteiger charge is -2.34. The molecule has 96 valence electrons. The van der Waals surface area contributed by atoms with Crippen molar-refractivity contribution >= 4 is 15.2 Å². The Labute approximate surface area is 93.2 Å². The summed E-state index contributed by atoms with van der Waals surface area (Å²) in [4.78, 5) is 38.2. The molecule has 1 saturated heterocycles. The summed E-state index contributed by atoms with van der Waals surface area (Å²) in [6, 6.07) is 0. The third kappa shape index (κ3) is 6.08. The van der Waals surface area contributed by atoms with Crippen LogP contribution < -0.4 is 0 Å². The van der Waals surface area contributed by atoms with Gasteiger partial charge >= 0.3 is 15.2 Å². The molecule has 1 rings (SSSR count). The second-order valence-electron chi connectivity index (χ2n) is 3.85. The van der Waals surface area contributed by atoms with Crippen LogP contribution in [0.3, 0.4) is 0 Å². The molecule has 1 fully saturated rings. The number of nitrogens with zero attached hydrogens (tertiary/aromatic N) is 2. The van der Waals surface area contributed by atoms with Crippen molar-refractivity contribution in [3.63, 3.8) is 0 Å². The van der Waals surface area contributed by atoms with Crippen molar-refractivity contribution in [3.05, 3.63) is 0 Å². The van der Waals surface area contributed by atoms with E-state index in [1.807, 2.05) is 0 Å². The Balaban J connectivity index is 2.34. The first-order valence-corrected chi connectivity index (χ1v) is 8.29. The van der Waals surface area contributed by atoms with Crippen LogP contribution in [-0.2, 0) is 9.13 Å². The van der Waals surface area contributed by atoms with Crippen molar-refractivity contribution < 1.29 is 28.7 Å². The van der Waals surface area contributed by atoms with Crippen LogP contribution in [0.15, 0.2) is 0 Å². The van der Waals surface area contributed by atoms with Gasteiger partial charge in [0.15, 0.2) is 0 Å². The summed E-state index contributed by atoms with van der Waals surface area (Å²) in [5, 5.41) is 0. The molecular formula is C6H16N2O6P2. The van der Waals surface area contributed by atoms with E-state index in [0.717, 1.165) is 0 Å². The second-order valence-corrected chi connectivity index (χ2v) is 7.07. The summed E-state index contributed by atoms with van der Waals surface area (Å²) in [7, 11) is -8.08. The monoisotopic (exact) mass is 274 g/mol. The summed E-state index contributed by atoms with van der Waals surface area (Å²) in [5.41, 5.74) is 0. The van der Waals surface area contributed by atoms with E-state index >= 15 is 0 Å². The van der Waals surface area contributed by atoms with Gasteiger partial charge in [-0.25, -0.2) is 0 Å².